The Labute approximate surface area is 176 Å². The molecule has 0 saturated carbocycles. The number of likely N-dealkylation sites (N-methyl/N-ethyl adjacent to an activating group) is 1. The summed E-state index contributed by atoms with van der Waals surface area (Å²) < 4.78 is 0. The average molecular weight is 402 g/mol. The van der Waals surface area contributed by atoms with Gasteiger partial charge in [-0.15, -0.1) is 0 Å². The van der Waals surface area contributed by atoms with E-state index in [0.717, 1.165) is 55.7 Å². The highest BCUT2D eigenvalue weighted by Gasteiger charge is 2.34. The lowest BCUT2D eigenvalue weighted by atomic mass is 9.73. The maximum Gasteiger partial charge on any atom is 0.248 e. The second kappa shape index (κ2) is 7.38. The molecule has 6 heteroatoms. The SMILES string of the molecule is CN1CCN(CC2(c3ccc4[nH]c5ncccc5c4c3)C=CC(C(N)=O)=CC2)CC1. The van der Waals surface area contributed by atoms with Gasteiger partial charge in [0.25, 0.3) is 0 Å². The molecule has 2 aliphatic rings. The van der Waals surface area contributed by atoms with Crippen LogP contribution < -0.4 is 5.73 Å². The molecule has 3 aromatic rings. The van der Waals surface area contributed by atoms with E-state index in [9.17, 15) is 4.79 Å². The molecule has 3 heterocycles. The van der Waals surface area contributed by atoms with Crippen molar-refractivity contribution in [2.45, 2.75) is 11.8 Å². The molecular formula is C24H27N5O. The van der Waals surface area contributed by atoms with Crippen LogP contribution in [0, 0.1) is 0 Å². The summed E-state index contributed by atoms with van der Waals surface area (Å²) in [5.41, 5.74) is 9.21. The van der Waals surface area contributed by atoms with Crippen molar-refractivity contribution in [3.05, 3.63) is 65.9 Å². The Hall–Kier alpha value is -2.96. The third-order valence-electron chi connectivity index (χ3n) is 6.60. The molecule has 0 spiro atoms. The molecular weight excluding hydrogens is 374 g/mol. The van der Waals surface area contributed by atoms with Crippen LogP contribution in [0.1, 0.15) is 12.0 Å². The van der Waals surface area contributed by atoms with Gasteiger partial charge in [-0.25, -0.2) is 4.98 Å². The second-order valence-electron chi connectivity index (χ2n) is 8.58. The van der Waals surface area contributed by atoms with Crippen molar-refractivity contribution in [3.8, 4) is 0 Å². The van der Waals surface area contributed by atoms with Crippen molar-refractivity contribution in [3.63, 3.8) is 0 Å². The number of nitrogens with zero attached hydrogens (tertiary/aromatic N) is 3. The molecule has 1 aliphatic carbocycles. The number of aromatic nitrogens is 2. The van der Waals surface area contributed by atoms with Crippen molar-refractivity contribution in [1.29, 1.82) is 0 Å². The number of primary amides is 1. The van der Waals surface area contributed by atoms with E-state index in [0.29, 0.717) is 5.57 Å². The first kappa shape index (κ1) is 19.0. The van der Waals surface area contributed by atoms with Gasteiger partial charge in [0.05, 0.1) is 0 Å². The molecule has 1 atom stereocenters. The highest BCUT2D eigenvalue weighted by atomic mass is 16.1. The predicted octanol–water partition coefficient (Wildman–Crippen LogP) is 2.57. The first-order valence-corrected chi connectivity index (χ1v) is 10.5. The van der Waals surface area contributed by atoms with Crippen LogP contribution in [0.5, 0.6) is 0 Å². The minimum atomic E-state index is -0.363. The minimum absolute atomic E-state index is 0.186. The number of hydrogen-bond acceptors (Lipinski definition) is 4. The van der Waals surface area contributed by atoms with Gasteiger partial charge in [0.2, 0.25) is 5.91 Å². The Bertz CT molecular complexity index is 1170. The number of carbonyl (C=O) groups excluding carboxylic acids is 1. The minimum Gasteiger partial charge on any atom is -0.366 e. The highest BCUT2D eigenvalue weighted by Crippen LogP contribution is 2.38. The zero-order valence-electron chi connectivity index (χ0n) is 17.3. The van der Waals surface area contributed by atoms with Crippen molar-refractivity contribution in [2.24, 2.45) is 5.73 Å². The largest absolute Gasteiger partial charge is 0.366 e. The van der Waals surface area contributed by atoms with Gasteiger partial charge in [0.1, 0.15) is 5.65 Å². The molecule has 0 radical (unpaired) electrons. The van der Waals surface area contributed by atoms with Gasteiger partial charge >= 0.3 is 0 Å². The van der Waals surface area contributed by atoms with Crippen molar-refractivity contribution < 1.29 is 4.79 Å². The average Bonchev–Trinajstić information content (AvgIpc) is 3.14. The van der Waals surface area contributed by atoms with Crippen LogP contribution in [0.3, 0.4) is 0 Å². The summed E-state index contributed by atoms with van der Waals surface area (Å²) in [4.78, 5) is 24.5. The lowest BCUT2D eigenvalue weighted by Crippen LogP contribution is -2.49. The van der Waals surface area contributed by atoms with Gasteiger partial charge in [-0.2, -0.15) is 0 Å². The summed E-state index contributed by atoms with van der Waals surface area (Å²) in [6, 6.07) is 10.7. The Morgan fingerprint density at radius 3 is 2.77 bits per heavy atom. The summed E-state index contributed by atoms with van der Waals surface area (Å²) in [6.45, 7) is 5.19. The van der Waals surface area contributed by atoms with Gasteiger partial charge in [0, 0.05) is 66.2 Å². The van der Waals surface area contributed by atoms with Crippen molar-refractivity contribution in [2.75, 3.05) is 39.8 Å². The van der Waals surface area contributed by atoms with E-state index >= 15 is 0 Å². The zero-order chi connectivity index (χ0) is 20.7. The Morgan fingerprint density at radius 2 is 2.03 bits per heavy atom. The van der Waals surface area contributed by atoms with Crippen LogP contribution in [0.25, 0.3) is 21.9 Å². The van der Waals surface area contributed by atoms with E-state index in [1.165, 1.54) is 10.9 Å². The maximum absolute atomic E-state index is 11.7. The normalized spacial score (nSPS) is 23.2. The molecule has 1 amide bonds. The van der Waals surface area contributed by atoms with Crippen molar-refractivity contribution in [1.82, 2.24) is 19.8 Å². The van der Waals surface area contributed by atoms with Gasteiger partial charge in [-0.05, 0) is 43.3 Å². The van der Waals surface area contributed by atoms with E-state index in [-0.39, 0.29) is 11.3 Å². The lowest BCUT2D eigenvalue weighted by molar-refractivity contribution is -0.114. The molecule has 1 fully saturated rings. The number of nitrogens with two attached hydrogens (primary N) is 1. The first-order valence-electron chi connectivity index (χ1n) is 10.5. The highest BCUT2D eigenvalue weighted by molar-refractivity contribution is 6.06. The molecule has 1 saturated heterocycles. The van der Waals surface area contributed by atoms with Crippen LogP contribution in [0.4, 0.5) is 0 Å². The summed E-state index contributed by atoms with van der Waals surface area (Å²) >= 11 is 0. The fourth-order valence-corrected chi connectivity index (χ4v) is 4.72. The number of fused-ring (bicyclic) bond motifs is 3. The van der Waals surface area contributed by atoms with E-state index in [1.807, 2.05) is 24.4 Å². The number of nitrogens with one attached hydrogen (secondary N) is 1. The lowest BCUT2D eigenvalue weighted by Gasteiger charge is -2.41. The number of aromatic amines is 1. The van der Waals surface area contributed by atoms with Crippen LogP contribution in [-0.4, -0.2) is 65.4 Å². The van der Waals surface area contributed by atoms with E-state index in [4.69, 9.17) is 5.73 Å². The van der Waals surface area contributed by atoms with E-state index in [2.05, 4.69) is 57.2 Å². The van der Waals surface area contributed by atoms with E-state index in [1.54, 1.807) is 0 Å². The number of amides is 1. The Morgan fingerprint density at radius 1 is 1.20 bits per heavy atom. The number of benzene rings is 1. The van der Waals surface area contributed by atoms with Crippen molar-refractivity contribution >= 4 is 27.8 Å². The van der Waals surface area contributed by atoms with Gasteiger partial charge in [0.15, 0.2) is 0 Å². The molecule has 6 nitrogen and oxygen atoms in total. The standard InChI is InChI=1S/C24H27N5O/c1-28-11-13-29(14-12-28)16-24(8-6-17(7-9-24)22(25)30)18-4-5-21-20(15-18)19-3-2-10-26-23(19)27-21/h2-8,10,15H,9,11-14,16H2,1H3,(H2,25,30)(H,26,27). The molecule has 30 heavy (non-hydrogen) atoms. The van der Waals surface area contributed by atoms with Crippen LogP contribution >= 0.6 is 0 Å². The number of rotatable bonds is 4. The Kier molecular flexibility index (Phi) is 4.68. The predicted molar refractivity (Wildman–Crippen MR) is 120 cm³/mol. The van der Waals surface area contributed by atoms with Gasteiger partial charge in [-0.1, -0.05) is 24.3 Å². The molecule has 1 unspecified atom stereocenters. The number of hydrogen-bond donors (Lipinski definition) is 2. The zero-order valence-corrected chi connectivity index (χ0v) is 17.3. The Balaban J connectivity index is 1.57. The summed E-state index contributed by atoms with van der Waals surface area (Å²) in [5, 5.41) is 2.32. The molecule has 1 aromatic carbocycles. The smallest absolute Gasteiger partial charge is 0.248 e. The van der Waals surface area contributed by atoms with E-state index < -0.39 is 0 Å². The maximum atomic E-state index is 11.7. The topological polar surface area (TPSA) is 78.2 Å². The molecule has 3 N–H and O–H groups in total. The molecule has 5 rings (SSSR count). The number of piperazine rings is 1. The van der Waals surface area contributed by atoms with Crippen LogP contribution in [-0.2, 0) is 10.2 Å². The fourth-order valence-electron chi connectivity index (χ4n) is 4.72. The molecule has 1 aliphatic heterocycles. The second-order valence-corrected chi connectivity index (χ2v) is 8.58. The first-order chi connectivity index (χ1) is 14.5. The summed E-state index contributed by atoms with van der Waals surface area (Å²) in [6.07, 6.45) is 8.68. The van der Waals surface area contributed by atoms with Crippen LogP contribution in [0.2, 0.25) is 0 Å². The van der Waals surface area contributed by atoms with Crippen LogP contribution in [0.15, 0.2) is 60.3 Å². The molecule has 0 bridgehead atoms. The number of pyridine rings is 1. The fraction of sp³-hybridized carbons (Fsp3) is 0.333. The summed E-state index contributed by atoms with van der Waals surface area (Å²) in [5.74, 6) is -0.363. The molecule has 154 valence electrons. The third kappa shape index (κ3) is 3.32. The summed E-state index contributed by atoms with van der Waals surface area (Å²) in [7, 11) is 2.18. The number of H-pyrrole nitrogens is 1. The third-order valence-corrected chi connectivity index (χ3v) is 6.60. The van der Waals surface area contributed by atoms with Gasteiger partial charge in [-0.3, -0.25) is 9.69 Å². The van der Waals surface area contributed by atoms with Gasteiger partial charge < -0.3 is 15.6 Å². The quantitative estimate of drug-likeness (QED) is 0.704. The number of allylic oxidation sites excluding steroid dienone is 1. The monoisotopic (exact) mass is 401 g/mol. The molecule has 2 aromatic heterocycles. The number of carbonyl (C=O) groups is 1.